The summed E-state index contributed by atoms with van der Waals surface area (Å²) in [5.74, 6) is 0.588. The van der Waals surface area contributed by atoms with Crippen LogP contribution in [0, 0.1) is 0 Å². The summed E-state index contributed by atoms with van der Waals surface area (Å²) in [5.41, 5.74) is 6.04. The van der Waals surface area contributed by atoms with Gasteiger partial charge >= 0.3 is 0 Å². The van der Waals surface area contributed by atoms with Crippen LogP contribution in [0.1, 0.15) is 0 Å². The van der Waals surface area contributed by atoms with Gasteiger partial charge in [-0.25, -0.2) is 8.42 Å². The molecule has 0 radical (unpaired) electrons. The second-order valence-corrected chi connectivity index (χ2v) is 6.17. The van der Waals surface area contributed by atoms with Crippen molar-refractivity contribution in [3.8, 4) is 11.5 Å². The molecule has 1 aliphatic heterocycles. The predicted octanol–water partition coefficient (Wildman–Crippen LogP) is 0.307. The lowest BCUT2D eigenvalue weighted by Gasteiger charge is -2.27. The van der Waals surface area contributed by atoms with E-state index in [0.717, 1.165) is 0 Å². The second kappa shape index (κ2) is 5.86. The third-order valence-corrected chi connectivity index (χ3v) is 5.02. The maximum atomic E-state index is 12.6. The summed E-state index contributed by atoms with van der Waals surface area (Å²) in [4.78, 5) is 0.0419. The first-order chi connectivity index (χ1) is 9.50. The Labute approximate surface area is 118 Å². The molecule has 8 heteroatoms. The highest BCUT2D eigenvalue weighted by Crippen LogP contribution is 2.35. The largest absolute Gasteiger partial charge is 0.495 e. The van der Waals surface area contributed by atoms with Crippen molar-refractivity contribution in [2.75, 3.05) is 46.3 Å². The normalized spacial score (nSPS) is 16.9. The molecule has 1 saturated heterocycles. The van der Waals surface area contributed by atoms with Gasteiger partial charge in [-0.2, -0.15) is 4.31 Å². The Morgan fingerprint density at radius 1 is 1.15 bits per heavy atom. The van der Waals surface area contributed by atoms with Crippen molar-refractivity contribution < 1.29 is 22.6 Å². The number of ether oxygens (including phenoxy) is 3. The van der Waals surface area contributed by atoms with Gasteiger partial charge in [-0.1, -0.05) is 0 Å². The third-order valence-electron chi connectivity index (χ3n) is 3.10. The number of hydrogen-bond donors (Lipinski definition) is 1. The number of nitrogen functional groups attached to an aromatic ring is 1. The number of nitrogens with zero attached hydrogens (tertiary/aromatic N) is 1. The van der Waals surface area contributed by atoms with Crippen LogP contribution >= 0.6 is 0 Å². The molecule has 1 fully saturated rings. The van der Waals surface area contributed by atoms with E-state index in [1.807, 2.05) is 0 Å². The van der Waals surface area contributed by atoms with Gasteiger partial charge in [0.2, 0.25) is 10.0 Å². The van der Waals surface area contributed by atoms with Crippen LogP contribution in [-0.4, -0.2) is 53.2 Å². The van der Waals surface area contributed by atoms with Crippen molar-refractivity contribution in [2.45, 2.75) is 4.90 Å². The summed E-state index contributed by atoms with van der Waals surface area (Å²) in [6.07, 6.45) is 0. The van der Waals surface area contributed by atoms with Crippen molar-refractivity contribution in [3.63, 3.8) is 0 Å². The van der Waals surface area contributed by atoms with Crippen LogP contribution in [-0.2, 0) is 14.8 Å². The number of sulfonamides is 1. The Kier molecular flexibility index (Phi) is 4.36. The highest BCUT2D eigenvalue weighted by molar-refractivity contribution is 7.89. The molecule has 0 aromatic heterocycles. The van der Waals surface area contributed by atoms with Gasteiger partial charge in [0.25, 0.3) is 0 Å². The molecule has 0 atom stereocenters. The van der Waals surface area contributed by atoms with E-state index >= 15 is 0 Å². The van der Waals surface area contributed by atoms with Gasteiger partial charge < -0.3 is 19.9 Å². The van der Waals surface area contributed by atoms with Crippen molar-refractivity contribution in [1.82, 2.24) is 4.31 Å². The first-order valence-electron chi connectivity index (χ1n) is 6.10. The molecule has 0 bridgehead atoms. The number of benzene rings is 1. The van der Waals surface area contributed by atoms with Crippen molar-refractivity contribution in [3.05, 3.63) is 12.1 Å². The van der Waals surface area contributed by atoms with E-state index in [-0.39, 0.29) is 16.3 Å². The summed E-state index contributed by atoms with van der Waals surface area (Å²) in [7, 11) is -0.794. The Balaban J connectivity index is 2.47. The lowest BCUT2D eigenvalue weighted by molar-refractivity contribution is 0.0729. The second-order valence-electron chi connectivity index (χ2n) is 4.26. The standard InChI is InChI=1S/C12H18N2O5S/c1-17-10-8-11(18-2)12(7-9(10)13)20(15,16)14-3-5-19-6-4-14/h7-8H,3-6,13H2,1-2H3. The maximum absolute atomic E-state index is 12.6. The fourth-order valence-corrected chi connectivity index (χ4v) is 3.60. The van der Waals surface area contributed by atoms with Crippen LogP contribution in [0.5, 0.6) is 11.5 Å². The van der Waals surface area contributed by atoms with Gasteiger partial charge in [0, 0.05) is 19.2 Å². The van der Waals surface area contributed by atoms with Gasteiger partial charge in [-0.3, -0.25) is 0 Å². The van der Waals surface area contributed by atoms with E-state index in [9.17, 15) is 8.42 Å². The van der Waals surface area contributed by atoms with Crippen molar-refractivity contribution in [1.29, 1.82) is 0 Å². The van der Waals surface area contributed by atoms with Crippen molar-refractivity contribution in [2.24, 2.45) is 0 Å². The summed E-state index contributed by atoms with van der Waals surface area (Å²) in [6.45, 7) is 1.40. The fourth-order valence-electron chi connectivity index (χ4n) is 2.02. The molecule has 0 saturated carbocycles. The molecule has 112 valence electrons. The van der Waals surface area contributed by atoms with Gasteiger partial charge in [0.05, 0.1) is 33.1 Å². The number of hydrogen-bond acceptors (Lipinski definition) is 6. The van der Waals surface area contributed by atoms with Crippen LogP contribution in [0.25, 0.3) is 0 Å². The molecule has 0 amide bonds. The SMILES string of the molecule is COc1cc(OC)c(S(=O)(=O)N2CCOCC2)cc1N. The van der Waals surface area contributed by atoms with Gasteiger partial charge in [-0.05, 0) is 6.07 Å². The number of anilines is 1. The lowest BCUT2D eigenvalue weighted by atomic mass is 10.3. The monoisotopic (exact) mass is 302 g/mol. The zero-order chi connectivity index (χ0) is 14.8. The number of morpholine rings is 1. The molecule has 20 heavy (non-hydrogen) atoms. The van der Waals surface area contributed by atoms with Gasteiger partial charge in [-0.15, -0.1) is 0 Å². The molecular weight excluding hydrogens is 284 g/mol. The van der Waals surface area contributed by atoms with E-state index < -0.39 is 10.0 Å². The maximum Gasteiger partial charge on any atom is 0.246 e. The molecule has 0 spiro atoms. The molecule has 1 aromatic carbocycles. The summed E-state index contributed by atoms with van der Waals surface area (Å²) >= 11 is 0. The molecule has 2 rings (SSSR count). The minimum Gasteiger partial charge on any atom is -0.495 e. The molecular formula is C12H18N2O5S. The molecule has 1 aliphatic rings. The Bertz CT molecular complexity index is 582. The van der Waals surface area contributed by atoms with E-state index in [0.29, 0.717) is 32.1 Å². The van der Waals surface area contributed by atoms with Crippen LogP contribution < -0.4 is 15.2 Å². The van der Waals surface area contributed by atoms with E-state index in [4.69, 9.17) is 19.9 Å². The molecule has 1 aromatic rings. The van der Waals surface area contributed by atoms with Crippen molar-refractivity contribution >= 4 is 15.7 Å². The highest BCUT2D eigenvalue weighted by Gasteiger charge is 2.30. The summed E-state index contributed by atoms with van der Waals surface area (Å²) < 4.78 is 42.0. The Morgan fingerprint density at radius 3 is 2.30 bits per heavy atom. The predicted molar refractivity (Wildman–Crippen MR) is 73.5 cm³/mol. The summed E-state index contributed by atoms with van der Waals surface area (Å²) in [6, 6.07) is 2.84. The molecule has 0 aliphatic carbocycles. The van der Waals surface area contributed by atoms with E-state index in [2.05, 4.69) is 0 Å². The molecule has 2 N–H and O–H groups in total. The number of rotatable bonds is 4. The zero-order valence-electron chi connectivity index (χ0n) is 11.5. The third kappa shape index (κ3) is 2.67. The fraction of sp³-hybridized carbons (Fsp3) is 0.500. The summed E-state index contributed by atoms with van der Waals surface area (Å²) in [5, 5.41) is 0. The first kappa shape index (κ1) is 14.9. The van der Waals surface area contributed by atoms with Gasteiger partial charge in [0.15, 0.2) is 0 Å². The molecule has 7 nitrogen and oxygen atoms in total. The molecule has 1 heterocycles. The van der Waals surface area contributed by atoms with Crippen LogP contribution in [0.15, 0.2) is 17.0 Å². The Morgan fingerprint density at radius 2 is 1.75 bits per heavy atom. The molecule has 0 unspecified atom stereocenters. The van der Waals surface area contributed by atoms with Crippen LogP contribution in [0.3, 0.4) is 0 Å². The minimum absolute atomic E-state index is 0.0419. The van der Waals surface area contributed by atoms with E-state index in [1.54, 1.807) is 0 Å². The smallest absolute Gasteiger partial charge is 0.246 e. The lowest BCUT2D eigenvalue weighted by Crippen LogP contribution is -2.40. The number of nitrogens with two attached hydrogens (primary N) is 1. The minimum atomic E-state index is -3.66. The van der Waals surface area contributed by atoms with E-state index in [1.165, 1.54) is 30.7 Å². The van der Waals surface area contributed by atoms with Crippen LogP contribution in [0.2, 0.25) is 0 Å². The van der Waals surface area contributed by atoms with Gasteiger partial charge in [0.1, 0.15) is 16.4 Å². The quantitative estimate of drug-likeness (QED) is 0.805. The average molecular weight is 302 g/mol. The average Bonchev–Trinajstić information content (AvgIpc) is 2.47. The highest BCUT2D eigenvalue weighted by atomic mass is 32.2. The van der Waals surface area contributed by atoms with Crippen LogP contribution in [0.4, 0.5) is 5.69 Å². The number of methoxy groups -OCH3 is 2. The zero-order valence-corrected chi connectivity index (χ0v) is 12.3. The Hall–Kier alpha value is -1.51. The topological polar surface area (TPSA) is 91.1 Å². The first-order valence-corrected chi connectivity index (χ1v) is 7.54.